The van der Waals surface area contributed by atoms with Gasteiger partial charge in [-0.1, -0.05) is 6.92 Å². The molecule has 18 heavy (non-hydrogen) atoms. The maximum atomic E-state index is 11.7. The highest BCUT2D eigenvalue weighted by Gasteiger charge is 2.16. The molecule has 0 saturated carbocycles. The molecule has 5 nitrogen and oxygen atoms in total. The molecule has 0 aliphatic heterocycles. The molecule has 98 valence electrons. The van der Waals surface area contributed by atoms with Crippen LogP contribution in [0.4, 0.5) is 5.69 Å². The molecule has 0 bridgehead atoms. The van der Waals surface area contributed by atoms with Gasteiger partial charge in [-0.25, -0.2) is 0 Å². The van der Waals surface area contributed by atoms with Gasteiger partial charge < -0.3 is 15.2 Å². The first-order valence-electron chi connectivity index (χ1n) is 5.61. The monoisotopic (exact) mass is 251 g/mol. The molecule has 0 saturated heterocycles. The zero-order valence-corrected chi connectivity index (χ0v) is 10.7. The number of hydrogen-bond acceptors (Lipinski definition) is 3. The van der Waals surface area contributed by atoms with E-state index in [0.717, 1.165) is 11.3 Å². The number of carbonyl (C=O) groups is 2. The lowest BCUT2D eigenvalue weighted by molar-refractivity contribution is -0.139. The fourth-order valence-electron chi connectivity index (χ4n) is 1.58. The van der Waals surface area contributed by atoms with Crippen molar-refractivity contribution >= 4 is 17.6 Å². The largest absolute Gasteiger partial charge is 0.496 e. The van der Waals surface area contributed by atoms with Gasteiger partial charge in [0.2, 0.25) is 5.91 Å². The minimum absolute atomic E-state index is 0.180. The standard InChI is InChI=1S/C13H17NO4/c1-8-6-10(4-5-11(8)18-3)14-13(17)9(2)7-12(15)16/h4-6,9H,7H2,1-3H3,(H,14,17)(H,15,16). The second-order valence-electron chi connectivity index (χ2n) is 4.17. The van der Waals surface area contributed by atoms with E-state index in [9.17, 15) is 9.59 Å². The van der Waals surface area contributed by atoms with E-state index in [1.54, 1.807) is 32.2 Å². The molecule has 2 N–H and O–H groups in total. The van der Waals surface area contributed by atoms with Crippen molar-refractivity contribution < 1.29 is 19.4 Å². The van der Waals surface area contributed by atoms with E-state index in [2.05, 4.69) is 5.32 Å². The number of carbonyl (C=O) groups excluding carboxylic acids is 1. The van der Waals surface area contributed by atoms with Crippen LogP contribution in [0.3, 0.4) is 0 Å². The molecule has 0 aromatic heterocycles. The first-order chi connectivity index (χ1) is 8.43. The Morgan fingerprint density at radius 3 is 2.61 bits per heavy atom. The molecule has 0 fully saturated rings. The summed E-state index contributed by atoms with van der Waals surface area (Å²) in [6.45, 7) is 3.45. The summed E-state index contributed by atoms with van der Waals surface area (Å²) in [6, 6.07) is 5.26. The molecule has 0 heterocycles. The fourth-order valence-corrected chi connectivity index (χ4v) is 1.58. The van der Waals surface area contributed by atoms with Crippen LogP contribution in [-0.4, -0.2) is 24.1 Å². The van der Waals surface area contributed by atoms with Crippen molar-refractivity contribution in [3.8, 4) is 5.75 Å². The third-order valence-corrected chi connectivity index (χ3v) is 2.59. The minimum atomic E-state index is -0.983. The third-order valence-electron chi connectivity index (χ3n) is 2.59. The van der Waals surface area contributed by atoms with Crippen molar-refractivity contribution in [3.05, 3.63) is 23.8 Å². The average molecular weight is 251 g/mol. The number of carboxylic acids is 1. The topological polar surface area (TPSA) is 75.6 Å². The quantitative estimate of drug-likeness (QED) is 0.839. The van der Waals surface area contributed by atoms with E-state index in [1.807, 2.05) is 6.92 Å². The number of carboxylic acid groups (broad SMARTS) is 1. The number of methoxy groups -OCH3 is 1. The molecule has 0 radical (unpaired) electrons. The lowest BCUT2D eigenvalue weighted by Crippen LogP contribution is -2.22. The summed E-state index contributed by atoms with van der Waals surface area (Å²) < 4.78 is 5.11. The van der Waals surface area contributed by atoms with Gasteiger partial charge in [-0.05, 0) is 30.7 Å². The Kier molecular flexibility index (Phi) is 4.71. The van der Waals surface area contributed by atoms with Crippen LogP contribution < -0.4 is 10.1 Å². The first-order valence-corrected chi connectivity index (χ1v) is 5.61. The number of anilines is 1. The zero-order chi connectivity index (χ0) is 13.7. The van der Waals surface area contributed by atoms with Crippen LogP contribution in [0, 0.1) is 12.8 Å². The summed E-state index contributed by atoms with van der Waals surface area (Å²) in [6.07, 6.45) is -0.180. The normalized spacial score (nSPS) is 11.7. The molecule has 1 atom stereocenters. The zero-order valence-electron chi connectivity index (χ0n) is 10.7. The van der Waals surface area contributed by atoms with Crippen molar-refractivity contribution in [3.63, 3.8) is 0 Å². The number of hydrogen-bond donors (Lipinski definition) is 2. The van der Waals surface area contributed by atoms with Gasteiger partial charge >= 0.3 is 5.97 Å². The number of aryl methyl sites for hydroxylation is 1. The Morgan fingerprint density at radius 1 is 1.44 bits per heavy atom. The maximum Gasteiger partial charge on any atom is 0.304 e. The number of rotatable bonds is 5. The molecule has 1 rings (SSSR count). The lowest BCUT2D eigenvalue weighted by Gasteiger charge is -2.12. The molecular formula is C13H17NO4. The number of benzene rings is 1. The lowest BCUT2D eigenvalue weighted by atomic mass is 10.1. The smallest absolute Gasteiger partial charge is 0.304 e. The predicted molar refractivity (Wildman–Crippen MR) is 67.8 cm³/mol. The van der Waals surface area contributed by atoms with Crippen molar-refractivity contribution in [2.75, 3.05) is 12.4 Å². The summed E-state index contributed by atoms with van der Waals surface area (Å²) in [7, 11) is 1.58. The van der Waals surface area contributed by atoms with Crippen LogP contribution in [0.2, 0.25) is 0 Å². The van der Waals surface area contributed by atoms with Crippen molar-refractivity contribution in [1.82, 2.24) is 0 Å². The Hall–Kier alpha value is -2.04. The summed E-state index contributed by atoms with van der Waals surface area (Å²) in [5.41, 5.74) is 1.54. The summed E-state index contributed by atoms with van der Waals surface area (Å²) in [5.74, 6) is -1.11. The van der Waals surface area contributed by atoms with E-state index in [0.29, 0.717) is 5.69 Å². The highest BCUT2D eigenvalue weighted by atomic mass is 16.5. The van der Waals surface area contributed by atoms with Gasteiger partial charge in [-0.3, -0.25) is 9.59 Å². The molecule has 1 aromatic rings. The highest BCUT2D eigenvalue weighted by Crippen LogP contribution is 2.21. The molecule has 1 amide bonds. The van der Waals surface area contributed by atoms with Crippen molar-refractivity contribution in [1.29, 1.82) is 0 Å². The summed E-state index contributed by atoms with van der Waals surface area (Å²) >= 11 is 0. The van der Waals surface area contributed by atoms with Crippen LogP contribution >= 0.6 is 0 Å². The Bertz CT molecular complexity index is 456. The van der Waals surface area contributed by atoms with Crippen LogP contribution in [0.5, 0.6) is 5.75 Å². The Balaban J connectivity index is 2.70. The van der Waals surface area contributed by atoms with Crippen molar-refractivity contribution in [2.45, 2.75) is 20.3 Å². The second kappa shape index (κ2) is 6.05. The molecule has 1 aromatic carbocycles. The van der Waals surface area contributed by atoms with Gasteiger partial charge in [0, 0.05) is 11.6 Å². The van der Waals surface area contributed by atoms with Gasteiger partial charge in [-0.2, -0.15) is 0 Å². The van der Waals surface area contributed by atoms with Gasteiger partial charge in [0.25, 0.3) is 0 Å². The molecule has 0 aliphatic rings. The second-order valence-corrected chi connectivity index (χ2v) is 4.17. The van der Waals surface area contributed by atoms with Gasteiger partial charge in [0.05, 0.1) is 13.5 Å². The third kappa shape index (κ3) is 3.76. The SMILES string of the molecule is COc1ccc(NC(=O)C(C)CC(=O)O)cc1C. The summed E-state index contributed by atoms with van der Waals surface area (Å²) in [4.78, 5) is 22.2. The van der Waals surface area contributed by atoms with Gasteiger partial charge in [0.1, 0.15) is 5.75 Å². The fraction of sp³-hybridized carbons (Fsp3) is 0.385. The predicted octanol–water partition coefficient (Wildman–Crippen LogP) is 2.05. The summed E-state index contributed by atoms with van der Waals surface area (Å²) in [5, 5.41) is 11.3. The number of amides is 1. The minimum Gasteiger partial charge on any atom is -0.496 e. The Labute approximate surface area is 106 Å². The van der Waals surface area contributed by atoms with Gasteiger partial charge in [0.15, 0.2) is 0 Å². The molecule has 0 spiro atoms. The van der Waals surface area contributed by atoms with E-state index in [-0.39, 0.29) is 12.3 Å². The highest BCUT2D eigenvalue weighted by molar-refractivity contribution is 5.94. The van der Waals surface area contributed by atoms with E-state index >= 15 is 0 Å². The van der Waals surface area contributed by atoms with Gasteiger partial charge in [-0.15, -0.1) is 0 Å². The molecule has 0 aliphatic carbocycles. The maximum absolute atomic E-state index is 11.7. The molecule has 5 heteroatoms. The van der Waals surface area contributed by atoms with Crippen LogP contribution in [0.25, 0.3) is 0 Å². The van der Waals surface area contributed by atoms with Crippen LogP contribution in [-0.2, 0) is 9.59 Å². The average Bonchev–Trinajstić information content (AvgIpc) is 2.28. The molecule has 1 unspecified atom stereocenters. The number of ether oxygens (including phenoxy) is 1. The van der Waals surface area contributed by atoms with Crippen LogP contribution in [0.1, 0.15) is 18.9 Å². The molecular weight excluding hydrogens is 234 g/mol. The van der Waals surface area contributed by atoms with Crippen LogP contribution in [0.15, 0.2) is 18.2 Å². The van der Waals surface area contributed by atoms with E-state index in [4.69, 9.17) is 9.84 Å². The Morgan fingerprint density at radius 2 is 2.11 bits per heavy atom. The number of aliphatic carboxylic acids is 1. The van der Waals surface area contributed by atoms with E-state index < -0.39 is 11.9 Å². The number of nitrogens with one attached hydrogen (secondary N) is 1. The van der Waals surface area contributed by atoms with E-state index in [1.165, 1.54) is 0 Å². The van der Waals surface area contributed by atoms with Crippen molar-refractivity contribution in [2.24, 2.45) is 5.92 Å². The first kappa shape index (κ1) is 14.0.